The molecule has 1 saturated carbocycles. The first-order valence-electron chi connectivity index (χ1n) is 8.40. The molecular weight excluding hydrogens is 272 g/mol. The van der Waals surface area contributed by atoms with Crippen LogP contribution in [-0.4, -0.2) is 11.6 Å². The number of allylic oxidation sites excluding steroid dienone is 1. The molecule has 1 fully saturated rings. The topological polar surface area (TPSA) is 34.1 Å². The van der Waals surface area contributed by atoms with Crippen molar-refractivity contribution in [1.29, 1.82) is 0 Å². The van der Waals surface area contributed by atoms with Gasteiger partial charge in [0.05, 0.1) is 0 Å². The fourth-order valence-corrected chi connectivity index (χ4v) is 2.93. The van der Waals surface area contributed by atoms with E-state index in [0.717, 1.165) is 42.4 Å². The Labute approximate surface area is 133 Å². The van der Waals surface area contributed by atoms with Crippen molar-refractivity contribution in [1.82, 2.24) is 0 Å². The van der Waals surface area contributed by atoms with E-state index in [2.05, 4.69) is 0 Å². The van der Waals surface area contributed by atoms with Crippen LogP contribution in [0.4, 0.5) is 0 Å². The first-order valence-corrected chi connectivity index (χ1v) is 8.40. The zero-order valence-electron chi connectivity index (χ0n) is 13.9. The van der Waals surface area contributed by atoms with Crippen molar-refractivity contribution in [2.45, 2.75) is 58.8 Å². The van der Waals surface area contributed by atoms with Crippen LogP contribution in [0.5, 0.6) is 0 Å². The number of hydrogen-bond donors (Lipinski definition) is 0. The van der Waals surface area contributed by atoms with Crippen molar-refractivity contribution < 1.29 is 9.59 Å². The normalized spacial score (nSPS) is 20.0. The summed E-state index contributed by atoms with van der Waals surface area (Å²) in [5.41, 5.74) is 3.06. The molecule has 1 aliphatic carbocycles. The Bertz CT molecular complexity index is 566. The third kappa shape index (κ3) is 3.94. The largest absolute Gasteiger partial charge is 0.299 e. The van der Waals surface area contributed by atoms with Crippen LogP contribution in [0.1, 0.15) is 69.9 Å². The van der Waals surface area contributed by atoms with Crippen LogP contribution >= 0.6 is 0 Å². The Hall–Kier alpha value is -1.70. The Balaban J connectivity index is 2.11. The lowest BCUT2D eigenvalue weighted by atomic mass is 9.87. The molecule has 0 aromatic heterocycles. The Morgan fingerprint density at radius 2 is 1.77 bits per heavy atom. The van der Waals surface area contributed by atoms with Gasteiger partial charge in [-0.05, 0) is 48.5 Å². The summed E-state index contributed by atoms with van der Waals surface area (Å²) in [7, 11) is 0. The lowest BCUT2D eigenvalue weighted by molar-refractivity contribution is -0.123. The van der Waals surface area contributed by atoms with Gasteiger partial charge in [0.1, 0.15) is 5.78 Å². The summed E-state index contributed by atoms with van der Waals surface area (Å²) >= 11 is 0. The number of rotatable bonds is 5. The Morgan fingerprint density at radius 3 is 2.36 bits per heavy atom. The van der Waals surface area contributed by atoms with Gasteiger partial charge in [0, 0.05) is 18.3 Å². The highest BCUT2D eigenvalue weighted by molar-refractivity contribution is 6.00. The minimum atomic E-state index is -0.0621. The van der Waals surface area contributed by atoms with Gasteiger partial charge in [-0.25, -0.2) is 0 Å². The SMILES string of the molecule is CCC(C)C(=O)C(C)c1ccc(/C=C2\CCCCC2=O)cc1. The van der Waals surface area contributed by atoms with Gasteiger partial charge in [-0.2, -0.15) is 0 Å². The van der Waals surface area contributed by atoms with Gasteiger partial charge in [0.25, 0.3) is 0 Å². The maximum Gasteiger partial charge on any atom is 0.158 e. The molecule has 118 valence electrons. The third-order valence-electron chi connectivity index (χ3n) is 4.76. The van der Waals surface area contributed by atoms with Crippen LogP contribution in [0.3, 0.4) is 0 Å². The molecule has 1 aromatic rings. The van der Waals surface area contributed by atoms with Crippen LogP contribution in [-0.2, 0) is 9.59 Å². The molecular formula is C20H26O2. The van der Waals surface area contributed by atoms with Crippen LogP contribution in [0.25, 0.3) is 6.08 Å². The summed E-state index contributed by atoms with van der Waals surface area (Å²) in [6, 6.07) is 8.07. The number of carbonyl (C=O) groups is 2. The summed E-state index contributed by atoms with van der Waals surface area (Å²) in [5, 5.41) is 0. The molecule has 22 heavy (non-hydrogen) atoms. The highest BCUT2D eigenvalue weighted by Gasteiger charge is 2.20. The molecule has 0 aliphatic heterocycles. The summed E-state index contributed by atoms with van der Waals surface area (Å²) < 4.78 is 0. The van der Waals surface area contributed by atoms with Crippen molar-refractivity contribution in [3.05, 3.63) is 41.0 Å². The van der Waals surface area contributed by atoms with Gasteiger partial charge >= 0.3 is 0 Å². The van der Waals surface area contributed by atoms with E-state index in [-0.39, 0.29) is 17.6 Å². The van der Waals surface area contributed by atoms with Crippen molar-refractivity contribution >= 4 is 17.6 Å². The fourth-order valence-electron chi connectivity index (χ4n) is 2.93. The first-order chi connectivity index (χ1) is 10.5. The molecule has 0 bridgehead atoms. The number of carbonyl (C=O) groups excluding carboxylic acids is 2. The second-order valence-electron chi connectivity index (χ2n) is 6.40. The van der Waals surface area contributed by atoms with E-state index < -0.39 is 0 Å². The van der Waals surface area contributed by atoms with Gasteiger partial charge in [-0.1, -0.05) is 45.0 Å². The number of hydrogen-bond acceptors (Lipinski definition) is 2. The molecule has 0 N–H and O–H groups in total. The summed E-state index contributed by atoms with van der Waals surface area (Å²) in [6.45, 7) is 6.02. The zero-order chi connectivity index (χ0) is 16.1. The molecule has 2 rings (SSSR count). The monoisotopic (exact) mass is 298 g/mol. The summed E-state index contributed by atoms with van der Waals surface area (Å²) in [5.74, 6) is 0.635. The molecule has 2 unspecified atom stereocenters. The molecule has 0 saturated heterocycles. The minimum absolute atomic E-state index is 0.0621. The predicted molar refractivity (Wildman–Crippen MR) is 90.8 cm³/mol. The smallest absolute Gasteiger partial charge is 0.158 e. The van der Waals surface area contributed by atoms with Gasteiger partial charge in [-0.15, -0.1) is 0 Å². The predicted octanol–water partition coefficient (Wildman–Crippen LogP) is 4.93. The van der Waals surface area contributed by atoms with E-state index in [1.807, 2.05) is 51.1 Å². The molecule has 0 radical (unpaired) electrons. The van der Waals surface area contributed by atoms with Crippen LogP contribution in [0.2, 0.25) is 0 Å². The quantitative estimate of drug-likeness (QED) is 0.722. The molecule has 1 aliphatic rings. The second-order valence-corrected chi connectivity index (χ2v) is 6.40. The molecule has 2 atom stereocenters. The van der Waals surface area contributed by atoms with E-state index in [1.54, 1.807) is 0 Å². The van der Waals surface area contributed by atoms with E-state index >= 15 is 0 Å². The fraction of sp³-hybridized carbons (Fsp3) is 0.500. The lowest BCUT2D eigenvalue weighted by Gasteiger charge is -2.16. The van der Waals surface area contributed by atoms with Gasteiger partial charge in [0.15, 0.2) is 5.78 Å². The van der Waals surface area contributed by atoms with Gasteiger partial charge in [-0.3, -0.25) is 9.59 Å². The highest BCUT2D eigenvalue weighted by Crippen LogP contribution is 2.25. The maximum absolute atomic E-state index is 12.3. The third-order valence-corrected chi connectivity index (χ3v) is 4.76. The Kier molecular flexibility index (Phi) is 5.70. The molecule has 1 aromatic carbocycles. The van der Waals surface area contributed by atoms with Crippen molar-refractivity contribution in [3.8, 4) is 0 Å². The van der Waals surface area contributed by atoms with Crippen molar-refractivity contribution in [2.75, 3.05) is 0 Å². The molecule has 2 heteroatoms. The van der Waals surface area contributed by atoms with Crippen LogP contribution in [0.15, 0.2) is 29.8 Å². The van der Waals surface area contributed by atoms with Gasteiger partial charge < -0.3 is 0 Å². The standard InChI is InChI=1S/C20H26O2/c1-4-14(2)20(22)15(3)17-11-9-16(10-12-17)13-18-7-5-6-8-19(18)21/h9-15H,4-8H2,1-3H3/b18-13+. The highest BCUT2D eigenvalue weighted by atomic mass is 16.1. The zero-order valence-corrected chi connectivity index (χ0v) is 13.9. The second kappa shape index (κ2) is 7.53. The van der Waals surface area contributed by atoms with Gasteiger partial charge in [0.2, 0.25) is 0 Å². The Morgan fingerprint density at radius 1 is 1.14 bits per heavy atom. The average Bonchev–Trinajstić information content (AvgIpc) is 2.55. The van der Waals surface area contributed by atoms with E-state index in [0.29, 0.717) is 12.2 Å². The number of Topliss-reactive ketones (excluding diaryl/α,β-unsaturated/α-hetero) is 2. The minimum Gasteiger partial charge on any atom is -0.299 e. The lowest BCUT2D eigenvalue weighted by Crippen LogP contribution is -2.17. The average molecular weight is 298 g/mol. The van der Waals surface area contributed by atoms with Crippen molar-refractivity contribution in [2.24, 2.45) is 5.92 Å². The number of benzene rings is 1. The summed E-state index contributed by atoms with van der Waals surface area (Å²) in [4.78, 5) is 24.1. The van der Waals surface area contributed by atoms with E-state index in [4.69, 9.17) is 0 Å². The van der Waals surface area contributed by atoms with Crippen LogP contribution < -0.4 is 0 Å². The number of ketones is 2. The van der Waals surface area contributed by atoms with E-state index in [1.165, 1.54) is 0 Å². The summed E-state index contributed by atoms with van der Waals surface area (Å²) in [6.07, 6.45) is 6.59. The maximum atomic E-state index is 12.3. The van der Waals surface area contributed by atoms with Crippen LogP contribution in [0, 0.1) is 5.92 Å². The molecule has 0 heterocycles. The molecule has 2 nitrogen and oxygen atoms in total. The van der Waals surface area contributed by atoms with Crippen molar-refractivity contribution in [3.63, 3.8) is 0 Å². The molecule has 0 amide bonds. The van der Waals surface area contributed by atoms with E-state index in [9.17, 15) is 9.59 Å². The molecule has 0 spiro atoms. The first kappa shape index (κ1) is 16.7.